The van der Waals surface area contributed by atoms with Crippen LogP contribution in [0.25, 0.3) is 0 Å². The van der Waals surface area contributed by atoms with E-state index < -0.39 is 12.1 Å². The van der Waals surface area contributed by atoms with E-state index in [1.165, 1.54) is 0 Å². The van der Waals surface area contributed by atoms with Crippen LogP contribution < -0.4 is 0 Å². The summed E-state index contributed by atoms with van der Waals surface area (Å²) in [5, 5.41) is 18.6. The first-order valence-corrected chi connectivity index (χ1v) is 4.37. The molecule has 0 aromatic carbocycles. The normalized spacial score (nSPS) is 48.6. The van der Waals surface area contributed by atoms with Gasteiger partial charge >= 0.3 is 5.97 Å². The van der Waals surface area contributed by atoms with Crippen LogP contribution >= 0.6 is 0 Å². The lowest BCUT2D eigenvalue weighted by molar-refractivity contribution is -0.150. The molecule has 3 saturated carbocycles. The molecule has 2 bridgehead atoms. The van der Waals surface area contributed by atoms with Gasteiger partial charge in [0.25, 0.3) is 0 Å². The third-order valence-electron chi connectivity index (χ3n) is 3.83. The molecule has 0 saturated heterocycles. The second kappa shape index (κ2) is 2.02. The number of aliphatic carboxylic acids is 1. The maximum Gasteiger partial charge on any atom is 0.307 e. The molecule has 0 heterocycles. The quantitative estimate of drug-likeness (QED) is 0.609. The van der Waals surface area contributed by atoms with Crippen LogP contribution in [0.15, 0.2) is 0 Å². The Morgan fingerprint density at radius 3 is 2.25 bits per heavy atom. The highest BCUT2D eigenvalue weighted by molar-refractivity contribution is 5.73. The van der Waals surface area contributed by atoms with Gasteiger partial charge in [-0.1, -0.05) is 13.8 Å². The summed E-state index contributed by atoms with van der Waals surface area (Å²) in [7, 11) is 0. The third kappa shape index (κ3) is 0.678. The van der Waals surface area contributed by atoms with E-state index >= 15 is 0 Å². The van der Waals surface area contributed by atoms with E-state index in [-0.39, 0.29) is 23.2 Å². The molecule has 4 unspecified atom stereocenters. The lowest BCUT2D eigenvalue weighted by atomic mass is 9.68. The summed E-state index contributed by atoms with van der Waals surface area (Å²) in [6.45, 7) is 3.93. The van der Waals surface area contributed by atoms with Crippen LogP contribution in [-0.4, -0.2) is 22.3 Å². The molecule has 3 aliphatic rings. The van der Waals surface area contributed by atoms with Gasteiger partial charge in [-0.3, -0.25) is 4.79 Å². The lowest BCUT2D eigenvalue weighted by Gasteiger charge is -2.34. The number of hydrogen-bond donors (Lipinski definition) is 2. The molecule has 0 spiro atoms. The molecule has 0 aromatic heterocycles. The standard InChI is InChI=1S/C9H14O3/c1-9(2)5-3-4(7(9)10)6(5)8(11)12/h4-7,10H,3H2,1-2H3,(H,11,12). The molecule has 0 aromatic rings. The fourth-order valence-corrected chi connectivity index (χ4v) is 2.91. The van der Waals surface area contributed by atoms with E-state index in [1.807, 2.05) is 13.8 Å². The molecule has 12 heavy (non-hydrogen) atoms. The van der Waals surface area contributed by atoms with Crippen molar-refractivity contribution in [3.63, 3.8) is 0 Å². The average molecular weight is 170 g/mol. The zero-order valence-electron chi connectivity index (χ0n) is 7.32. The highest BCUT2D eigenvalue weighted by Crippen LogP contribution is 2.63. The van der Waals surface area contributed by atoms with Crippen molar-refractivity contribution in [2.75, 3.05) is 0 Å². The number of aliphatic hydroxyl groups is 1. The van der Waals surface area contributed by atoms with Crippen molar-refractivity contribution in [2.45, 2.75) is 26.4 Å². The first-order valence-electron chi connectivity index (χ1n) is 4.37. The second-order valence-corrected chi connectivity index (χ2v) is 4.64. The summed E-state index contributed by atoms with van der Waals surface area (Å²) in [5.74, 6) is -0.812. The lowest BCUT2D eigenvalue weighted by Crippen LogP contribution is -2.38. The SMILES string of the molecule is CC1(C)C(O)C2CC1C2C(=O)O. The molecule has 3 nitrogen and oxygen atoms in total. The third-order valence-corrected chi connectivity index (χ3v) is 3.83. The fraction of sp³-hybridized carbons (Fsp3) is 0.889. The zero-order chi connectivity index (χ0) is 9.09. The number of rotatable bonds is 1. The number of carbonyl (C=O) groups is 1. The molecule has 3 heteroatoms. The van der Waals surface area contributed by atoms with Crippen molar-refractivity contribution >= 4 is 5.97 Å². The molecule has 3 aliphatic carbocycles. The topological polar surface area (TPSA) is 57.5 Å². The summed E-state index contributed by atoms with van der Waals surface area (Å²) in [6.07, 6.45) is 0.481. The Kier molecular flexibility index (Phi) is 1.35. The molecule has 0 amide bonds. The van der Waals surface area contributed by atoms with Crippen molar-refractivity contribution in [3.8, 4) is 0 Å². The largest absolute Gasteiger partial charge is 0.481 e. The first-order chi connectivity index (χ1) is 5.46. The van der Waals surface area contributed by atoms with Gasteiger partial charge in [-0.25, -0.2) is 0 Å². The predicted molar refractivity (Wildman–Crippen MR) is 42.5 cm³/mol. The maximum absolute atomic E-state index is 10.8. The first kappa shape index (κ1) is 8.05. The van der Waals surface area contributed by atoms with Gasteiger partial charge in [-0.15, -0.1) is 0 Å². The Labute approximate surface area is 71.4 Å². The number of aliphatic hydroxyl groups excluding tert-OH is 1. The van der Waals surface area contributed by atoms with Crippen LogP contribution in [0.4, 0.5) is 0 Å². The summed E-state index contributed by atoms with van der Waals surface area (Å²) in [6, 6.07) is 0. The smallest absolute Gasteiger partial charge is 0.307 e. The fourth-order valence-electron chi connectivity index (χ4n) is 2.91. The van der Waals surface area contributed by atoms with Gasteiger partial charge in [-0.05, 0) is 23.7 Å². The molecule has 4 atom stereocenters. The molecular weight excluding hydrogens is 156 g/mol. The molecule has 0 aliphatic heterocycles. The van der Waals surface area contributed by atoms with Crippen molar-refractivity contribution in [2.24, 2.45) is 23.2 Å². The van der Waals surface area contributed by atoms with Gasteiger partial charge < -0.3 is 10.2 Å². The molecule has 3 fully saturated rings. The van der Waals surface area contributed by atoms with E-state index in [4.69, 9.17) is 5.11 Å². The van der Waals surface area contributed by atoms with Gasteiger partial charge in [0, 0.05) is 0 Å². The molecule has 68 valence electrons. The van der Waals surface area contributed by atoms with E-state index in [0.717, 1.165) is 6.42 Å². The van der Waals surface area contributed by atoms with E-state index in [9.17, 15) is 9.90 Å². The number of carboxylic acids is 1. The molecular formula is C9H14O3. The average Bonchev–Trinajstić information content (AvgIpc) is 2.10. The monoisotopic (exact) mass is 170 g/mol. The molecule has 2 N–H and O–H groups in total. The Hall–Kier alpha value is -0.570. The van der Waals surface area contributed by atoms with Crippen molar-refractivity contribution < 1.29 is 15.0 Å². The van der Waals surface area contributed by atoms with Crippen LogP contribution in [0, 0.1) is 23.2 Å². The second-order valence-electron chi connectivity index (χ2n) is 4.64. The Balaban J connectivity index is 2.26. The molecule has 0 radical (unpaired) electrons. The van der Waals surface area contributed by atoms with E-state index in [0.29, 0.717) is 0 Å². The van der Waals surface area contributed by atoms with Gasteiger partial charge in [-0.2, -0.15) is 0 Å². The Bertz CT molecular complexity index is 234. The number of hydrogen-bond acceptors (Lipinski definition) is 2. The van der Waals surface area contributed by atoms with Crippen LogP contribution in [0.5, 0.6) is 0 Å². The van der Waals surface area contributed by atoms with Crippen molar-refractivity contribution in [1.82, 2.24) is 0 Å². The van der Waals surface area contributed by atoms with Crippen LogP contribution in [0.1, 0.15) is 20.3 Å². The van der Waals surface area contributed by atoms with Crippen LogP contribution in [-0.2, 0) is 4.79 Å². The minimum Gasteiger partial charge on any atom is -0.481 e. The van der Waals surface area contributed by atoms with Crippen molar-refractivity contribution in [1.29, 1.82) is 0 Å². The number of carboxylic acid groups (broad SMARTS) is 1. The highest BCUT2D eigenvalue weighted by Gasteiger charge is 2.65. The summed E-state index contributed by atoms with van der Waals surface area (Å²) in [5.41, 5.74) is -0.187. The summed E-state index contributed by atoms with van der Waals surface area (Å²) < 4.78 is 0. The van der Waals surface area contributed by atoms with Gasteiger partial charge in [0.05, 0.1) is 12.0 Å². The summed E-state index contributed by atoms with van der Waals surface area (Å²) in [4.78, 5) is 10.8. The zero-order valence-corrected chi connectivity index (χ0v) is 7.32. The van der Waals surface area contributed by atoms with Crippen molar-refractivity contribution in [3.05, 3.63) is 0 Å². The maximum atomic E-state index is 10.8. The van der Waals surface area contributed by atoms with Gasteiger partial charge in [0.15, 0.2) is 0 Å². The molecule has 3 rings (SSSR count). The Morgan fingerprint density at radius 1 is 1.50 bits per heavy atom. The van der Waals surface area contributed by atoms with E-state index in [1.54, 1.807) is 0 Å². The number of fused-ring (bicyclic) bond motifs is 1. The Morgan fingerprint density at radius 2 is 2.08 bits per heavy atom. The van der Waals surface area contributed by atoms with Crippen LogP contribution in [0.2, 0.25) is 0 Å². The predicted octanol–water partition coefficient (Wildman–Crippen LogP) is 0.724. The highest BCUT2D eigenvalue weighted by atomic mass is 16.4. The summed E-state index contributed by atoms with van der Waals surface area (Å²) >= 11 is 0. The minimum atomic E-state index is -0.735. The van der Waals surface area contributed by atoms with Gasteiger partial charge in [0.1, 0.15) is 0 Å². The van der Waals surface area contributed by atoms with E-state index in [2.05, 4.69) is 0 Å². The van der Waals surface area contributed by atoms with Crippen LogP contribution in [0.3, 0.4) is 0 Å². The van der Waals surface area contributed by atoms with Gasteiger partial charge in [0.2, 0.25) is 0 Å². The minimum absolute atomic E-state index is 0.0162.